The molecule has 1 fully saturated rings. The Hall–Kier alpha value is -5.57. The van der Waals surface area contributed by atoms with Crippen LogP contribution in [0.1, 0.15) is 32.4 Å². The van der Waals surface area contributed by atoms with E-state index in [1.165, 1.54) is 48.8 Å². The molecule has 3 aromatic rings. The third-order valence-electron chi connectivity index (χ3n) is 5.37. The molecule has 38 heavy (non-hydrogen) atoms. The zero-order valence-corrected chi connectivity index (χ0v) is 19.2. The maximum absolute atomic E-state index is 12.7. The number of pyridine rings is 1. The Morgan fingerprint density at radius 3 is 2.08 bits per heavy atom. The number of ether oxygens (including phenoxy) is 1. The van der Waals surface area contributed by atoms with E-state index in [0.717, 1.165) is 12.1 Å². The Morgan fingerprint density at radius 2 is 1.50 bits per heavy atom. The summed E-state index contributed by atoms with van der Waals surface area (Å²) in [5.41, 5.74) is 7.26. The molecule has 192 valence electrons. The quantitative estimate of drug-likeness (QED) is 0.253. The number of hydrazone groups is 1. The van der Waals surface area contributed by atoms with Crippen LogP contribution in [0.25, 0.3) is 0 Å². The minimum Gasteiger partial charge on any atom is -0.466 e. The lowest BCUT2D eigenvalue weighted by molar-refractivity contribution is -0.385. The van der Waals surface area contributed by atoms with Gasteiger partial charge in [0.2, 0.25) is 5.90 Å². The molecule has 0 spiro atoms. The highest BCUT2D eigenvalue weighted by Crippen LogP contribution is 2.28. The average molecular weight is 518 g/mol. The molecule has 2 heterocycles. The summed E-state index contributed by atoms with van der Waals surface area (Å²) in [6.45, 7) is 0. The highest BCUT2D eigenvalue weighted by atomic mass is 16.6. The van der Waals surface area contributed by atoms with E-state index in [-0.39, 0.29) is 28.2 Å². The topological polar surface area (TPSA) is 215 Å². The van der Waals surface area contributed by atoms with Crippen LogP contribution in [0.15, 0.2) is 78.2 Å². The predicted molar refractivity (Wildman–Crippen MR) is 131 cm³/mol. The first-order valence-electron chi connectivity index (χ1n) is 10.8. The zero-order chi connectivity index (χ0) is 27.2. The van der Waals surface area contributed by atoms with Crippen molar-refractivity contribution >= 4 is 34.8 Å². The van der Waals surface area contributed by atoms with Crippen molar-refractivity contribution in [2.24, 2.45) is 5.10 Å². The molecule has 0 unspecified atom stereocenters. The lowest BCUT2D eigenvalue weighted by atomic mass is 10.0. The monoisotopic (exact) mass is 518 g/mol. The molecular weight excluding hydrogens is 500 g/mol. The van der Waals surface area contributed by atoms with Gasteiger partial charge in [-0.05, 0) is 29.8 Å². The molecule has 15 nitrogen and oxygen atoms in total. The van der Waals surface area contributed by atoms with E-state index in [0.29, 0.717) is 5.56 Å². The van der Waals surface area contributed by atoms with Gasteiger partial charge in [0.1, 0.15) is 17.9 Å². The highest BCUT2D eigenvalue weighted by Gasteiger charge is 2.41. The summed E-state index contributed by atoms with van der Waals surface area (Å²) in [5, 5.41) is 34.3. The number of hydrogen-bond acceptors (Lipinski definition) is 11. The van der Waals surface area contributed by atoms with Gasteiger partial charge in [-0.3, -0.25) is 45.6 Å². The van der Waals surface area contributed by atoms with Crippen molar-refractivity contribution in [3.05, 3.63) is 110 Å². The van der Waals surface area contributed by atoms with Crippen molar-refractivity contribution < 1.29 is 24.2 Å². The lowest BCUT2D eigenvalue weighted by Crippen LogP contribution is -2.49. The second kappa shape index (κ2) is 11.0. The van der Waals surface area contributed by atoms with E-state index in [9.17, 15) is 29.8 Å². The smallest absolute Gasteiger partial charge is 0.271 e. The molecule has 0 aliphatic carbocycles. The van der Waals surface area contributed by atoms with Crippen molar-refractivity contribution in [1.82, 2.24) is 21.3 Å². The number of aromatic nitrogens is 1. The largest absolute Gasteiger partial charge is 0.466 e. The molecule has 2 amide bonds. The van der Waals surface area contributed by atoms with Gasteiger partial charge in [-0.2, -0.15) is 5.10 Å². The number of hydrogen-bond donors (Lipinski definition) is 4. The standard InChI is InChI=1S/C23H18N8O7/c24-21-19(27-29-23(33)15-4-2-6-17(12-15)31(36)37)18(20(38-21)13-7-9-25-10-8-13)26-28-22(32)14-3-1-5-16(11-14)30(34)35/h1-12,18,20,24,26H,(H,28,32)(H,29,33)/b24-21?,27-19+/t18-,20+/m1/s1. The summed E-state index contributed by atoms with van der Waals surface area (Å²) in [6.07, 6.45) is 2.13. The first-order valence-corrected chi connectivity index (χ1v) is 10.8. The lowest BCUT2D eigenvalue weighted by Gasteiger charge is -2.19. The van der Waals surface area contributed by atoms with Crippen LogP contribution < -0.4 is 16.3 Å². The predicted octanol–water partition coefficient (Wildman–Crippen LogP) is 2.04. The number of rotatable bonds is 8. The zero-order valence-electron chi connectivity index (χ0n) is 19.2. The number of nitrogens with zero attached hydrogens (tertiary/aromatic N) is 4. The van der Waals surface area contributed by atoms with Gasteiger partial charge in [0.05, 0.1) is 9.85 Å². The van der Waals surface area contributed by atoms with Crippen molar-refractivity contribution in [3.63, 3.8) is 0 Å². The van der Waals surface area contributed by atoms with Crippen molar-refractivity contribution in [3.8, 4) is 0 Å². The molecular formula is C23H18N8O7. The fraction of sp³-hybridized carbons (Fsp3) is 0.0870. The van der Waals surface area contributed by atoms with Crippen LogP contribution in [0, 0.1) is 25.6 Å². The van der Waals surface area contributed by atoms with Gasteiger partial charge >= 0.3 is 0 Å². The second-order valence-corrected chi connectivity index (χ2v) is 7.78. The number of carbonyl (C=O) groups excluding carboxylic acids is 2. The Bertz CT molecular complexity index is 1460. The number of amides is 2. The molecule has 1 aromatic heterocycles. The molecule has 1 aliphatic heterocycles. The molecule has 4 N–H and O–H groups in total. The molecule has 0 bridgehead atoms. The number of non-ortho nitro benzene ring substituents is 2. The first-order chi connectivity index (χ1) is 18.2. The summed E-state index contributed by atoms with van der Waals surface area (Å²) in [5.74, 6) is -1.89. The summed E-state index contributed by atoms with van der Waals surface area (Å²) < 4.78 is 5.63. The first kappa shape index (κ1) is 25.5. The Morgan fingerprint density at radius 1 is 0.921 bits per heavy atom. The van der Waals surface area contributed by atoms with Gasteiger partial charge in [0.25, 0.3) is 23.2 Å². The third-order valence-corrected chi connectivity index (χ3v) is 5.37. The summed E-state index contributed by atoms with van der Waals surface area (Å²) in [6, 6.07) is 12.3. The van der Waals surface area contributed by atoms with Crippen LogP contribution >= 0.6 is 0 Å². The van der Waals surface area contributed by atoms with Crippen LogP contribution in [-0.4, -0.2) is 44.3 Å². The second-order valence-electron chi connectivity index (χ2n) is 7.78. The molecule has 0 radical (unpaired) electrons. The minimum absolute atomic E-state index is 0.00128. The number of benzene rings is 2. The summed E-state index contributed by atoms with van der Waals surface area (Å²) in [4.78, 5) is 49.9. The van der Waals surface area contributed by atoms with Gasteiger partial charge in [-0.15, -0.1) is 0 Å². The molecule has 15 heteroatoms. The molecule has 2 aromatic carbocycles. The summed E-state index contributed by atoms with van der Waals surface area (Å²) >= 11 is 0. The molecule has 2 atom stereocenters. The van der Waals surface area contributed by atoms with Crippen molar-refractivity contribution in [2.45, 2.75) is 12.1 Å². The fourth-order valence-electron chi connectivity index (χ4n) is 3.53. The van der Waals surface area contributed by atoms with E-state index < -0.39 is 39.7 Å². The number of carbonyl (C=O) groups is 2. The molecule has 4 rings (SSSR count). The van der Waals surface area contributed by atoms with E-state index in [2.05, 4.69) is 26.4 Å². The Labute approximate surface area is 213 Å². The number of nitrogens with one attached hydrogen (secondary N) is 4. The minimum atomic E-state index is -0.988. The van der Waals surface area contributed by atoms with Crippen LogP contribution in [0.2, 0.25) is 0 Å². The third kappa shape index (κ3) is 5.63. The van der Waals surface area contributed by atoms with Crippen molar-refractivity contribution in [2.75, 3.05) is 0 Å². The summed E-state index contributed by atoms with van der Waals surface area (Å²) in [7, 11) is 0. The van der Waals surface area contributed by atoms with Crippen molar-refractivity contribution in [1.29, 1.82) is 5.41 Å². The van der Waals surface area contributed by atoms with Gasteiger partial charge in [-0.1, -0.05) is 12.1 Å². The average Bonchev–Trinajstić information content (AvgIpc) is 3.25. The number of nitro benzene ring substituents is 2. The van der Waals surface area contributed by atoms with Gasteiger partial charge < -0.3 is 4.74 Å². The maximum atomic E-state index is 12.7. The van der Waals surface area contributed by atoms with E-state index in [1.807, 2.05) is 0 Å². The van der Waals surface area contributed by atoms with Crippen LogP contribution in [0.4, 0.5) is 11.4 Å². The van der Waals surface area contributed by atoms with Crippen LogP contribution in [0.5, 0.6) is 0 Å². The SMILES string of the molecule is N=C1O[C@@H](c2ccncc2)[C@H](NNC(=O)c2cccc([N+](=O)[O-])c2)/C1=N\NC(=O)c1cccc([N+](=O)[O-])c1. The normalized spacial score (nSPS) is 17.5. The highest BCUT2D eigenvalue weighted by molar-refractivity contribution is 6.41. The van der Waals surface area contributed by atoms with Gasteiger partial charge in [0, 0.05) is 47.8 Å². The molecule has 1 aliphatic rings. The number of nitro groups is 2. The van der Waals surface area contributed by atoms with E-state index in [1.54, 1.807) is 12.1 Å². The van der Waals surface area contributed by atoms with Gasteiger partial charge in [0.15, 0.2) is 0 Å². The van der Waals surface area contributed by atoms with Crippen LogP contribution in [-0.2, 0) is 4.74 Å². The van der Waals surface area contributed by atoms with E-state index >= 15 is 0 Å². The number of hydrazine groups is 1. The Kier molecular flexibility index (Phi) is 7.39. The fourth-order valence-corrected chi connectivity index (χ4v) is 3.53. The Balaban J connectivity index is 1.57. The van der Waals surface area contributed by atoms with Crippen LogP contribution in [0.3, 0.4) is 0 Å². The molecule has 0 saturated carbocycles. The van der Waals surface area contributed by atoms with E-state index in [4.69, 9.17) is 10.1 Å². The molecule has 1 saturated heterocycles. The van der Waals surface area contributed by atoms with Gasteiger partial charge in [-0.25, -0.2) is 10.9 Å². The maximum Gasteiger partial charge on any atom is 0.271 e.